The van der Waals surface area contributed by atoms with Gasteiger partial charge in [0, 0.05) is 42.8 Å². The van der Waals surface area contributed by atoms with E-state index in [0.29, 0.717) is 6.04 Å². The van der Waals surface area contributed by atoms with Gasteiger partial charge in [-0.3, -0.25) is 9.80 Å². The van der Waals surface area contributed by atoms with Crippen LogP contribution in [0, 0.1) is 0 Å². The third-order valence-electron chi connectivity index (χ3n) is 5.51. The highest BCUT2D eigenvalue weighted by molar-refractivity contribution is 4.91. The van der Waals surface area contributed by atoms with E-state index in [1.165, 1.54) is 6.42 Å². The van der Waals surface area contributed by atoms with Crippen molar-refractivity contribution in [3.8, 4) is 0 Å². The van der Waals surface area contributed by atoms with Crippen molar-refractivity contribution in [2.45, 2.75) is 83.1 Å². The number of hydrogen-bond donors (Lipinski definition) is 2. The van der Waals surface area contributed by atoms with E-state index in [2.05, 4.69) is 44.4 Å². The lowest BCUT2D eigenvalue weighted by Crippen LogP contribution is -2.59. The van der Waals surface area contributed by atoms with Gasteiger partial charge in [-0.15, -0.1) is 0 Å². The Morgan fingerprint density at radius 3 is 2.22 bits per heavy atom. The van der Waals surface area contributed by atoms with Crippen LogP contribution in [0.25, 0.3) is 0 Å². The number of nitrogens with zero attached hydrogens (tertiary/aromatic N) is 2. The first-order valence-electron chi connectivity index (χ1n) is 9.22. The summed E-state index contributed by atoms with van der Waals surface area (Å²) in [6.45, 7) is 16.1. The van der Waals surface area contributed by atoms with Gasteiger partial charge in [0.1, 0.15) is 0 Å². The molecule has 0 unspecified atom stereocenters. The molecule has 0 aliphatic carbocycles. The lowest BCUT2D eigenvalue weighted by atomic mass is 9.95. The molecule has 0 aromatic carbocycles. The van der Waals surface area contributed by atoms with Crippen molar-refractivity contribution in [3.63, 3.8) is 0 Å². The summed E-state index contributed by atoms with van der Waals surface area (Å²) in [6.07, 6.45) is 3.53. The fraction of sp³-hybridized carbons (Fsp3) is 1.00. The average molecular weight is 327 g/mol. The van der Waals surface area contributed by atoms with Crippen molar-refractivity contribution >= 4 is 0 Å². The third-order valence-corrected chi connectivity index (χ3v) is 5.51. The predicted octanol–water partition coefficient (Wildman–Crippen LogP) is 1.40. The minimum Gasteiger partial charge on any atom is -0.375 e. The molecule has 2 heterocycles. The Balaban J connectivity index is 1.83. The van der Waals surface area contributed by atoms with E-state index in [0.717, 1.165) is 45.6 Å². The van der Waals surface area contributed by atoms with E-state index in [1.807, 2.05) is 0 Å². The SMILES string of the molecule is CC(C)(C)N1CC[C@@H](OCC(C)(C)N2CCC[C@@H](N)C2)[C@H](N)C1. The zero-order valence-corrected chi connectivity index (χ0v) is 15.8. The van der Waals surface area contributed by atoms with Crippen LogP contribution in [-0.2, 0) is 4.74 Å². The van der Waals surface area contributed by atoms with Crippen LogP contribution < -0.4 is 11.5 Å². The molecule has 136 valence electrons. The second kappa shape index (κ2) is 7.36. The van der Waals surface area contributed by atoms with Crippen LogP contribution in [0.5, 0.6) is 0 Å². The van der Waals surface area contributed by atoms with Crippen LogP contribution in [0.15, 0.2) is 0 Å². The van der Waals surface area contributed by atoms with Gasteiger partial charge in [-0.05, 0) is 60.4 Å². The summed E-state index contributed by atoms with van der Waals surface area (Å²) in [5.41, 5.74) is 12.7. The molecule has 2 saturated heterocycles. The summed E-state index contributed by atoms with van der Waals surface area (Å²) < 4.78 is 6.28. The number of rotatable bonds is 4. The van der Waals surface area contributed by atoms with E-state index >= 15 is 0 Å². The Morgan fingerprint density at radius 1 is 0.957 bits per heavy atom. The summed E-state index contributed by atoms with van der Waals surface area (Å²) in [5, 5.41) is 0. The number of piperidine rings is 2. The molecule has 5 heteroatoms. The molecule has 5 nitrogen and oxygen atoms in total. The fourth-order valence-electron chi connectivity index (χ4n) is 3.74. The van der Waals surface area contributed by atoms with Crippen LogP contribution in [0.2, 0.25) is 0 Å². The summed E-state index contributed by atoms with van der Waals surface area (Å²) >= 11 is 0. The molecule has 23 heavy (non-hydrogen) atoms. The van der Waals surface area contributed by atoms with Crippen molar-refractivity contribution in [3.05, 3.63) is 0 Å². The largest absolute Gasteiger partial charge is 0.375 e. The van der Waals surface area contributed by atoms with Crippen LogP contribution in [0.1, 0.15) is 53.9 Å². The normalized spacial score (nSPS) is 32.2. The van der Waals surface area contributed by atoms with Gasteiger partial charge < -0.3 is 16.2 Å². The van der Waals surface area contributed by atoms with E-state index in [-0.39, 0.29) is 23.2 Å². The van der Waals surface area contributed by atoms with Crippen molar-refractivity contribution in [2.75, 3.05) is 32.8 Å². The van der Waals surface area contributed by atoms with Crippen LogP contribution >= 0.6 is 0 Å². The monoisotopic (exact) mass is 326 g/mol. The first-order valence-corrected chi connectivity index (χ1v) is 9.22. The zero-order valence-electron chi connectivity index (χ0n) is 15.8. The molecule has 2 aliphatic heterocycles. The quantitative estimate of drug-likeness (QED) is 0.817. The Labute approximate surface area is 142 Å². The smallest absolute Gasteiger partial charge is 0.0751 e. The van der Waals surface area contributed by atoms with E-state index in [1.54, 1.807) is 0 Å². The molecule has 2 aliphatic rings. The maximum atomic E-state index is 6.40. The highest BCUT2D eigenvalue weighted by atomic mass is 16.5. The highest BCUT2D eigenvalue weighted by Gasteiger charge is 2.35. The molecule has 3 atom stereocenters. The molecule has 0 aromatic rings. The van der Waals surface area contributed by atoms with E-state index in [9.17, 15) is 0 Å². The standard InChI is InChI=1S/C18H38N4O/c1-17(2,3)21-10-8-16(15(20)12-21)23-13-18(4,5)22-9-6-7-14(19)11-22/h14-16H,6-13,19-20H2,1-5H3/t14-,15-,16-/m1/s1. The van der Waals surface area contributed by atoms with Gasteiger partial charge in [0.15, 0.2) is 0 Å². The van der Waals surface area contributed by atoms with Gasteiger partial charge in [-0.1, -0.05) is 0 Å². The lowest BCUT2D eigenvalue weighted by Gasteiger charge is -2.46. The summed E-state index contributed by atoms with van der Waals surface area (Å²) in [4.78, 5) is 4.95. The van der Waals surface area contributed by atoms with Crippen LogP contribution in [0.3, 0.4) is 0 Å². The average Bonchev–Trinajstić information content (AvgIpc) is 2.45. The van der Waals surface area contributed by atoms with Crippen molar-refractivity contribution in [2.24, 2.45) is 11.5 Å². The molecule has 0 aromatic heterocycles. The van der Waals surface area contributed by atoms with Gasteiger partial charge in [-0.2, -0.15) is 0 Å². The summed E-state index contributed by atoms with van der Waals surface area (Å²) in [6, 6.07) is 0.405. The van der Waals surface area contributed by atoms with Crippen molar-refractivity contribution < 1.29 is 4.74 Å². The maximum absolute atomic E-state index is 6.40. The zero-order chi connectivity index (χ0) is 17.3. The highest BCUT2D eigenvalue weighted by Crippen LogP contribution is 2.24. The number of likely N-dealkylation sites (tertiary alicyclic amines) is 2. The van der Waals surface area contributed by atoms with E-state index in [4.69, 9.17) is 16.2 Å². The van der Waals surface area contributed by atoms with Gasteiger partial charge in [0.05, 0.1) is 12.7 Å². The van der Waals surface area contributed by atoms with Crippen molar-refractivity contribution in [1.29, 1.82) is 0 Å². The summed E-state index contributed by atoms with van der Waals surface area (Å²) in [5.74, 6) is 0. The molecule has 0 saturated carbocycles. The second-order valence-corrected chi connectivity index (χ2v) is 9.08. The molecule has 2 fully saturated rings. The van der Waals surface area contributed by atoms with Gasteiger partial charge >= 0.3 is 0 Å². The third kappa shape index (κ3) is 5.13. The lowest BCUT2D eigenvalue weighted by molar-refractivity contribution is -0.0695. The Morgan fingerprint density at radius 2 is 1.65 bits per heavy atom. The molecule has 0 amide bonds. The molecule has 2 rings (SSSR count). The minimum atomic E-state index is 0.0267. The van der Waals surface area contributed by atoms with E-state index < -0.39 is 0 Å². The number of ether oxygens (including phenoxy) is 1. The van der Waals surface area contributed by atoms with Gasteiger partial charge in [-0.25, -0.2) is 0 Å². The first-order chi connectivity index (χ1) is 10.6. The Hall–Kier alpha value is -0.200. The molecule has 0 radical (unpaired) electrons. The Kier molecular flexibility index (Phi) is 6.12. The molecule has 0 spiro atoms. The van der Waals surface area contributed by atoms with Crippen LogP contribution in [0.4, 0.5) is 0 Å². The molecular weight excluding hydrogens is 288 g/mol. The molecule has 4 N–H and O–H groups in total. The Bertz CT molecular complexity index is 380. The van der Waals surface area contributed by atoms with Crippen molar-refractivity contribution in [1.82, 2.24) is 9.80 Å². The predicted molar refractivity (Wildman–Crippen MR) is 96.5 cm³/mol. The molecule has 0 bridgehead atoms. The topological polar surface area (TPSA) is 67.8 Å². The maximum Gasteiger partial charge on any atom is 0.0751 e. The first kappa shape index (κ1) is 19.1. The minimum absolute atomic E-state index is 0.0267. The summed E-state index contributed by atoms with van der Waals surface area (Å²) in [7, 11) is 0. The number of hydrogen-bond acceptors (Lipinski definition) is 5. The van der Waals surface area contributed by atoms with Gasteiger partial charge in [0.25, 0.3) is 0 Å². The fourth-order valence-corrected chi connectivity index (χ4v) is 3.74. The molecular formula is C18H38N4O. The second-order valence-electron chi connectivity index (χ2n) is 9.08. The van der Waals surface area contributed by atoms with Crippen LogP contribution in [-0.4, -0.2) is 71.9 Å². The van der Waals surface area contributed by atoms with Gasteiger partial charge in [0.2, 0.25) is 0 Å². The number of nitrogens with two attached hydrogens (primary N) is 2.